The molecule has 20 heavy (non-hydrogen) atoms. The second-order valence-corrected chi connectivity index (χ2v) is 4.86. The van der Waals surface area contributed by atoms with Crippen LogP contribution < -0.4 is 11.3 Å². The van der Waals surface area contributed by atoms with E-state index in [2.05, 4.69) is 15.4 Å². The Morgan fingerprint density at radius 2 is 2.00 bits per heavy atom. The van der Waals surface area contributed by atoms with Crippen molar-refractivity contribution in [2.75, 3.05) is 5.43 Å². The summed E-state index contributed by atoms with van der Waals surface area (Å²) < 4.78 is 13.4. The number of phenols is 1. The zero-order valence-electron chi connectivity index (χ0n) is 11.6. The second kappa shape index (κ2) is 5.42. The van der Waals surface area contributed by atoms with Gasteiger partial charge in [-0.3, -0.25) is 0 Å². The number of aryl methyl sites for hydroxylation is 1. The summed E-state index contributed by atoms with van der Waals surface area (Å²) >= 11 is 0. The maximum Gasteiger partial charge on any atom is 0.165 e. The van der Waals surface area contributed by atoms with Gasteiger partial charge in [-0.05, 0) is 31.0 Å². The molecular weight excluding hydrogens is 259 g/mol. The van der Waals surface area contributed by atoms with Crippen molar-refractivity contribution in [1.29, 1.82) is 0 Å². The highest BCUT2D eigenvalue weighted by Crippen LogP contribution is 2.29. The second-order valence-electron chi connectivity index (χ2n) is 4.86. The molecule has 0 bridgehead atoms. The number of aromatic nitrogens is 2. The van der Waals surface area contributed by atoms with Crippen LogP contribution in [0, 0.1) is 12.7 Å². The third-order valence-corrected chi connectivity index (χ3v) is 3.06. The van der Waals surface area contributed by atoms with E-state index in [1.165, 1.54) is 12.1 Å². The number of hydrazine groups is 1. The van der Waals surface area contributed by atoms with Gasteiger partial charge in [0.2, 0.25) is 0 Å². The standard InChI is InChI=1S/C14H17FN4O/c1-7(2)12-8(3)17-13(18-14(12)19-16)9-4-5-11(20)10(15)6-9/h4-7,20H,16H2,1-3H3,(H,17,18,19). The summed E-state index contributed by atoms with van der Waals surface area (Å²) in [6.07, 6.45) is 0. The number of nitrogens with two attached hydrogens (primary N) is 1. The first kappa shape index (κ1) is 14.2. The molecule has 0 radical (unpaired) electrons. The summed E-state index contributed by atoms with van der Waals surface area (Å²) in [7, 11) is 0. The van der Waals surface area contributed by atoms with Gasteiger partial charge >= 0.3 is 0 Å². The Bertz CT molecular complexity index is 643. The minimum atomic E-state index is -0.709. The predicted molar refractivity (Wildman–Crippen MR) is 75.7 cm³/mol. The summed E-state index contributed by atoms with van der Waals surface area (Å²) in [6.45, 7) is 5.90. The highest BCUT2D eigenvalue weighted by atomic mass is 19.1. The summed E-state index contributed by atoms with van der Waals surface area (Å²) in [5.74, 6) is 5.49. The topological polar surface area (TPSA) is 84.1 Å². The molecule has 0 aliphatic rings. The van der Waals surface area contributed by atoms with E-state index in [-0.39, 0.29) is 5.92 Å². The van der Waals surface area contributed by atoms with Crippen molar-refractivity contribution in [3.63, 3.8) is 0 Å². The summed E-state index contributed by atoms with van der Waals surface area (Å²) in [5.41, 5.74) is 4.75. The van der Waals surface area contributed by atoms with E-state index in [0.29, 0.717) is 17.2 Å². The van der Waals surface area contributed by atoms with Gasteiger partial charge in [0.15, 0.2) is 17.4 Å². The quantitative estimate of drug-likeness (QED) is 0.593. The third kappa shape index (κ3) is 2.55. The molecule has 0 aliphatic heterocycles. The number of halogens is 1. The van der Waals surface area contributed by atoms with Gasteiger partial charge in [0, 0.05) is 16.8 Å². The Morgan fingerprint density at radius 3 is 2.55 bits per heavy atom. The van der Waals surface area contributed by atoms with Gasteiger partial charge in [0.25, 0.3) is 0 Å². The highest BCUT2D eigenvalue weighted by molar-refractivity contribution is 5.61. The van der Waals surface area contributed by atoms with Crippen LogP contribution in [-0.4, -0.2) is 15.1 Å². The summed E-state index contributed by atoms with van der Waals surface area (Å²) in [5, 5.41) is 9.21. The normalized spacial score (nSPS) is 10.9. The van der Waals surface area contributed by atoms with Crippen molar-refractivity contribution in [2.45, 2.75) is 26.7 Å². The molecule has 0 saturated carbocycles. The molecular formula is C14H17FN4O. The average molecular weight is 276 g/mol. The molecule has 0 unspecified atom stereocenters. The molecule has 1 aromatic carbocycles. The molecule has 4 N–H and O–H groups in total. The van der Waals surface area contributed by atoms with Gasteiger partial charge in [-0.1, -0.05) is 13.8 Å². The van der Waals surface area contributed by atoms with Crippen molar-refractivity contribution in [3.05, 3.63) is 35.3 Å². The highest BCUT2D eigenvalue weighted by Gasteiger charge is 2.15. The van der Waals surface area contributed by atoms with Crippen LogP contribution in [-0.2, 0) is 0 Å². The summed E-state index contributed by atoms with van der Waals surface area (Å²) in [4.78, 5) is 8.71. The van der Waals surface area contributed by atoms with E-state index in [0.717, 1.165) is 11.3 Å². The fraction of sp³-hybridized carbons (Fsp3) is 0.286. The first-order chi connectivity index (χ1) is 9.43. The molecule has 0 atom stereocenters. The predicted octanol–water partition coefficient (Wildman–Crippen LogP) is 2.71. The van der Waals surface area contributed by atoms with Crippen LogP contribution in [0.3, 0.4) is 0 Å². The van der Waals surface area contributed by atoms with Crippen molar-refractivity contribution in [1.82, 2.24) is 9.97 Å². The molecule has 2 aromatic rings. The molecule has 1 aromatic heterocycles. The number of nitrogens with zero attached hydrogens (tertiary/aromatic N) is 2. The largest absolute Gasteiger partial charge is 0.505 e. The lowest BCUT2D eigenvalue weighted by Crippen LogP contribution is -2.14. The Morgan fingerprint density at radius 1 is 1.30 bits per heavy atom. The lowest BCUT2D eigenvalue weighted by molar-refractivity contribution is 0.432. The lowest BCUT2D eigenvalue weighted by Gasteiger charge is -2.15. The van der Waals surface area contributed by atoms with Crippen molar-refractivity contribution in [2.24, 2.45) is 5.84 Å². The fourth-order valence-electron chi connectivity index (χ4n) is 2.16. The van der Waals surface area contributed by atoms with Crippen LogP contribution in [0.15, 0.2) is 18.2 Å². The zero-order chi connectivity index (χ0) is 14.9. The van der Waals surface area contributed by atoms with E-state index in [9.17, 15) is 9.50 Å². The summed E-state index contributed by atoms with van der Waals surface area (Å²) in [6, 6.07) is 4.03. The molecule has 0 saturated heterocycles. The number of anilines is 1. The Kier molecular flexibility index (Phi) is 3.85. The van der Waals surface area contributed by atoms with E-state index >= 15 is 0 Å². The average Bonchev–Trinajstić information content (AvgIpc) is 2.40. The van der Waals surface area contributed by atoms with Crippen LogP contribution in [0.1, 0.15) is 31.0 Å². The van der Waals surface area contributed by atoms with E-state index in [1.54, 1.807) is 6.07 Å². The van der Waals surface area contributed by atoms with Crippen LogP contribution in [0.4, 0.5) is 10.2 Å². The smallest absolute Gasteiger partial charge is 0.165 e. The molecule has 2 rings (SSSR count). The number of nitrogens with one attached hydrogen (secondary N) is 1. The fourth-order valence-corrected chi connectivity index (χ4v) is 2.16. The number of hydrogen-bond acceptors (Lipinski definition) is 5. The van der Waals surface area contributed by atoms with Gasteiger partial charge in [-0.2, -0.15) is 0 Å². The number of benzene rings is 1. The van der Waals surface area contributed by atoms with Gasteiger partial charge in [-0.15, -0.1) is 0 Å². The third-order valence-electron chi connectivity index (χ3n) is 3.06. The number of nitrogen functional groups attached to an aromatic ring is 1. The number of aromatic hydroxyl groups is 1. The van der Waals surface area contributed by atoms with Crippen LogP contribution in [0.25, 0.3) is 11.4 Å². The van der Waals surface area contributed by atoms with Gasteiger partial charge in [0.1, 0.15) is 5.82 Å². The van der Waals surface area contributed by atoms with Gasteiger partial charge in [0.05, 0.1) is 0 Å². The van der Waals surface area contributed by atoms with Crippen molar-refractivity contribution < 1.29 is 9.50 Å². The first-order valence-corrected chi connectivity index (χ1v) is 6.28. The van der Waals surface area contributed by atoms with E-state index < -0.39 is 11.6 Å². The number of hydrogen-bond donors (Lipinski definition) is 3. The molecule has 0 aliphatic carbocycles. The Balaban J connectivity index is 2.58. The minimum Gasteiger partial charge on any atom is -0.505 e. The van der Waals surface area contributed by atoms with Gasteiger partial charge in [-0.25, -0.2) is 20.2 Å². The minimum absolute atomic E-state index is 0.214. The molecule has 0 amide bonds. The molecule has 6 heteroatoms. The monoisotopic (exact) mass is 276 g/mol. The lowest BCUT2D eigenvalue weighted by atomic mass is 10.0. The molecule has 0 fully saturated rings. The SMILES string of the molecule is Cc1nc(-c2ccc(O)c(F)c2)nc(NN)c1C(C)C. The first-order valence-electron chi connectivity index (χ1n) is 6.28. The van der Waals surface area contributed by atoms with Crippen LogP contribution in [0.5, 0.6) is 5.75 Å². The molecule has 1 heterocycles. The number of phenolic OH excluding ortho intramolecular Hbond substituents is 1. The molecule has 0 spiro atoms. The van der Waals surface area contributed by atoms with Crippen molar-refractivity contribution >= 4 is 5.82 Å². The van der Waals surface area contributed by atoms with Crippen LogP contribution >= 0.6 is 0 Å². The maximum atomic E-state index is 13.4. The zero-order valence-corrected chi connectivity index (χ0v) is 11.6. The van der Waals surface area contributed by atoms with Gasteiger partial charge < -0.3 is 10.5 Å². The maximum absolute atomic E-state index is 13.4. The Hall–Kier alpha value is -2.21. The number of rotatable bonds is 3. The Labute approximate surface area is 116 Å². The van der Waals surface area contributed by atoms with Crippen LogP contribution in [0.2, 0.25) is 0 Å². The molecule has 106 valence electrons. The molecule has 5 nitrogen and oxygen atoms in total. The van der Waals surface area contributed by atoms with E-state index in [1.807, 2.05) is 20.8 Å². The van der Waals surface area contributed by atoms with E-state index in [4.69, 9.17) is 5.84 Å². The van der Waals surface area contributed by atoms with Crippen molar-refractivity contribution in [3.8, 4) is 17.1 Å².